The Hall–Kier alpha value is -7.06. The topological polar surface area (TPSA) is 48.5 Å². The quantitative estimate of drug-likeness (QED) is 0.179. The number of para-hydroxylation sites is 4. The van der Waals surface area contributed by atoms with Gasteiger partial charge in [0.2, 0.25) is 0 Å². The number of halogens is 3. The lowest BCUT2D eigenvalue weighted by molar-refractivity contribution is -0.137. The molecule has 10 aromatic rings. The summed E-state index contributed by atoms with van der Waals surface area (Å²) in [7, 11) is 0. The van der Waals surface area contributed by atoms with Crippen molar-refractivity contribution in [1.29, 1.82) is 0 Å². The lowest BCUT2D eigenvalue weighted by Gasteiger charge is -2.23. The Morgan fingerprint density at radius 2 is 0.648 bits per heavy atom. The summed E-state index contributed by atoms with van der Waals surface area (Å²) >= 11 is 0. The average Bonchev–Trinajstić information content (AvgIpc) is 3.73. The van der Waals surface area contributed by atoms with Crippen molar-refractivity contribution in [3.63, 3.8) is 0 Å². The van der Waals surface area contributed by atoms with E-state index in [1.807, 2.05) is 158 Å². The second-order valence-corrected chi connectivity index (χ2v) is 13.2. The van der Waals surface area contributed by atoms with Crippen LogP contribution in [0.5, 0.6) is 0 Å². The smallest absolute Gasteiger partial charge is 0.309 e. The molecule has 0 saturated heterocycles. The summed E-state index contributed by atoms with van der Waals surface area (Å²) < 4.78 is 51.8. The van der Waals surface area contributed by atoms with Crippen LogP contribution < -0.4 is 0 Å². The zero-order valence-corrected chi connectivity index (χ0v) is 28.5. The molecule has 3 aromatic heterocycles. The highest BCUT2D eigenvalue weighted by Gasteiger charge is 2.39. The summed E-state index contributed by atoms with van der Waals surface area (Å²) in [5, 5.41) is 3.40. The molecule has 3 heterocycles. The van der Waals surface area contributed by atoms with Gasteiger partial charge in [-0.25, -0.2) is 15.0 Å². The molecule has 0 N–H and O–H groups in total. The summed E-state index contributed by atoms with van der Waals surface area (Å²) in [6.45, 7) is 0. The van der Waals surface area contributed by atoms with E-state index < -0.39 is 11.7 Å². The SMILES string of the molecule is FC(F)(F)c1c(-n2c3ccccc3c3ccccc32)cc(-c2nc(-c3ccccc3)nc(-c3ccccc3)n2)cc1-n1c2ccccc2c2ccccc21. The fraction of sp³-hybridized carbons (Fsp3) is 0.0217. The van der Waals surface area contributed by atoms with Gasteiger partial charge in [-0.15, -0.1) is 0 Å². The number of aromatic nitrogens is 5. The van der Waals surface area contributed by atoms with Gasteiger partial charge in [0.05, 0.1) is 33.4 Å². The van der Waals surface area contributed by atoms with Crippen LogP contribution in [0, 0.1) is 0 Å². The fourth-order valence-electron chi connectivity index (χ4n) is 7.69. The molecule has 10 rings (SSSR count). The number of rotatable bonds is 5. The van der Waals surface area contributed by atoms with Crippen molar-refractivity contribution in [2.45, 2.75) is 6.18 Å². The van der Waals surface area contributed by atoms with Crippen LogP contribution in [0.1, 0.15) is 5.56 Å². The number of alkyl halides is 3. The normalized spacial score (nSPS) is 12.0. The number of hydrogen-bond acceptors (Lipinski definition) is 3. The highest BCUT2D eigenvalue weighted by atomic mass is 19.4. The lowest BCUT2D eigenvalue weighted by atomic mass is 10.0. The van der Waals surface area contributed by atoms with Gasteiger partial charge in [-0.3, -0.25) is 0 Å². The Kier molecular flexibility index (Phi) is 7.20. The molecule has 0 aliphatic carbocycles. The van der Waals surface area contributed by atoms with Gasteiger partial charge in [0.1, 0.15) is 5.56 Å². The molecule has 0 aliphatic rings. The molecule has 8 heteroatoms. The molecule has 7 aromatic carbocycles. The summed E-state index contributed by atoms with van der Waals surface area (Å²) in [4.78, 5) is 14.8. The number of hydrogen-bond donors (Lipinski definition) is 0. The molecule has 0 aliphatic heterocycles. The second-order valence-electron chi connectivity index (χ2n) is 13.2. The van der Waals surface area contributed by atoms with E-state index in [1.165, 1.54) is 0 Å². The first kappa shape index (κ1) is 31.7. The Morgan fingerprint density at radius 3 is 0.981 bits per heavy atom. The zero-order chi connectivity index (χ0) is 36.4. The maximum atomic E-state index is 16.1. The molecule has 0 unspecified atom stereocenters. The first-order valence-electron chi connectivity index (χ1n) is 17.5. The van der Waals surface area contributed by atoms with Crippen molar-refractivity contribution in [3.05, 3.63) is 175 Å². The molecule has 0 bridgehead atoms. The largest absolute Gasteiger partial charge is 0.420 e. The second kappa shape index (κ2) is 12.3. The van der Waals surface area contributed by atoms with Crippen molar-refractivity contribution < 1.29 is 13.2 Å². The minimum absolute atomic E-state index is 0.0304. The van der Waals surface area contributed by atoms with E-state index in [2.05, 4.69) is 0 Å². The fourth-order valence-corrected chi connectivity index (χ4v) is 7.69. The van der Waals surface area contributed by atoms with E-state index in [0.29, 0.717) is 39.3 Å². The van der Waals surface area contributed by atoms with Crippen molar-refractivity contribution in [2.24, 2.45) is 0 Å². The molecule has 258 valence electrons. The van der Waals surface area contributed by atoms with Gasteiger partial charge in [0.25, 0.3) is 0 Å². The summed E-state index contributed by atoms with van der Waals surface area (Å²) in [6, 6.07) is 52.5. The van der Waals surface area contributed by atoms with E-state index in [1.54, 1.807) is 21.3 Å². The number of fused-ring (bicyclic) bond motifs is 6. The van der Waals surface area contributed by atoms with Crippen LogP contribution in [-0.4, -0.2) is 24.1 Å². The van der Waals surface area contributed by atoms with Gasteiger partial charge >= 0.3 is 6.18 Å². The molecule has 0 radical (unpaired) electrons. The van der Waals surface area contributed by atoms with Crippen LogP contribution in [0.2, 0.25) is 0 Å². The maximum Gasteiger partial charge on any atom is 0.420 e. The average molecular weight is 708 g/mol. The Morgan fingerprint density at radius 1 is 0.352 bits per heavy atom. The molecular weight excluding hydrogens is 680 g/mol. The van der Waals surface area contributed by atoms with Crippen molar-refractivity contribution in [1.82, 2.24) is 24.1 Å². The maximum absolute atomic E-state index is 16.1. The molecule has 0 atom stereocenters. The van der Waals surface area contributed by atoms with Crippen molar-refractivity contribution in [2.75, 3.05) is 0 Å². The third-order valence-electron chi connectivity index (χ3n) is 9.98. The van der Waals surface area contributed by atoms with Gasteiger partial charge in [0, 0.05) is 38.2 Å². The van der Waals surface area contributed by atoms with Gasteiger partial charge < -0.3 is 9.13 Å². The van der Waals surface area contributed by atoms with Crippen molar-refractivity contribution in [3.8, 4) is 45.5 Å². The van der Waals surface area contributed by atoms with Gasteiger partial charge in [-0.05, 0) is 36.4 Å². The lowest BCUT2D eigenvalue weighted by Crippen LogP contribution is -2.16. The Balaban J connectivity index is 1.38. The minimum Gasteiger partial charge on any atom is -0.309 e. The molecular formula is C46H28F3N5. The van der Waals surface area contributed by atoms with Crippen LogP contribution in [-0.2, 0) is 6.18 Å². The number of nitrogens with zero attached hydrogens (tertiary/aromatic N) is 5. The first-order chi connectivity index (χ1) is 26.4. The first-order valence-corrected chi connectivity index (χ1v) is 17.5. The molecule has 54 heavy (non-hydrogen) atoms. The van der Waals surface area contributed by atoms with Gasteiger partial charge in [0.15, 0.2) is 17.5 Å². The monoisotopic (exact) mass is 707 g/mol. The van der Waals surface area contributed by atoms with Crippen molar-refractivity contribution >= 4 is 43.6 Å². The minimum atomic E-state index is -4.77. The summed E-state index contributed by atoms with van der Waals surface area (Å²) in [5.41, 5.74) is 3.71. The van der Waals surface area contributed by atoms with Crippen LogP contribution in [0.4, 0.5) is 13.2 Å². The molecule has 0 saturated carbocycles. The van der Waals surface area contributed by atoms with Crippen LogP contribution in [0.25, 0.3) is 89.2 Å². The van der Waals surface area contributed by atoms with Crippen LogP contribution in [0.3, 0.4) is 0 Å². The molecule has 0 amide bonds. The predicted octanol–water partition coefficient (Wildman–Crippen LogP) is 12.1. The van der Waals surface area contributed by atoms with Crippen LogP contribution >= 0.6 is 0 Å². The van der Waals surface area contributed by atoms with Crippen LogP contribution in [0.15, 0.2) is 170 Å². The van der Waals surface area contributed by atoms with E-state index in [9.17, 15) is 0 Å². The highest BCUT2D eigenvalue weighted by Crippen LogP contribution is 2.46. The Labute approximate surface area is 307 Å². The molecule has 0 fully saturated rings. The highest BCUT2D eigenvalue weighted by molar-refractivity contribution is 6.11. The molecule has 0 spiro atoms. The van der Waals surface area contributed by atoms with E-state index >= 15 is 13.2 Å². The van der Waals surface area contributed by atoms with E-state index in [0.717, 1.165) is 32.7 Å². The third kappa shape index (κ3) is 5.06. The van der Waals surface area contributed by atoms with E-state index in [4.69, 9.17) is 15.0 Å². The standard InChI is InChI=1S/C46H28F3N5/c47-46(48,49)42-40(53-36-23-11-7-19-32(36)33-20-8-12-24-37(33)53)27-31(28-41(42)54-38-25-13-9-21-34(38)35-22-10-14-26-39(35)54)45-51-43(29-15-3-1-4-16-29)50-44(52-45)30-17-5-2-6-18-30/h1-28H. The van der Waals surface area contributed by atoms with E-state index in [-0.39, 0.29) is 17.2 Å². The van der Waals surface area contributed by atoms with Gasteiger partial charge in [-0.2, -0.15) is 13.2 Å². The number of benzene rings is 7. The summed E-state index contributed by atoms with van der Waals surface area (Å²) in [6.07, 6.45) is -4.77. The molecule has 5 nitrogen and oxygen atoms in total. The Bertz CT molecular complexity index is 2740. The van der Waals surface area contributed by atoms with Gasteiger partial charge in [-0.1, -0.05) is 133 Å². The third-order valence-corrected chi connectivity index (χ3v) is 9.98. The summed E-state index contributed by atoms with van der Waals surface area (Å²) in [5.74, 6) is 1.08. The zero-order valence-electron chi connectivity index (χ0n) is 28.5. The predicted molar refractivity (Wildman–Crippen MR) is 210 cm³/mol.